The molecule has 0 bridgehead atoms. The van der Waals surface area contributed by atoms with Crippen molar-refractivity contribution in [1.82, 2.24) is 9.13 Å². The van der Waals surface area contributed by atoms with E-state index in [-0.39, 0.29) is 0 Å². The fourth-order valence-electron chi connectivity index (χ4n) is 6.00. The summed E-state index contributed by atoms with van der Waals surface area (Å²) >= 11 is 0. The van der Waals surface area contributed by atoms with Crippen molar-refractivity contribution in [2.45, 2.75) is 0 Å². The number of nitrogens with zero attached hydrogens (tertiary/aromatic N) is 2. The Balaban J connectivity index is 1.54. The lowest BCUT2D eigenvalue weighted by atomic mass is 9.99. The summed E-state index contributed by atoms with van der Waals surface area (Å²) in [4.78, 5) is 0. The Bertz CT molecular complexity index is 2070. The van der Waals surface area contributed by atoms with Crippen molar-refractivity contribution in [3.63, 3.8) is 0 Å². The highest BCUT2D eigenvalue weighted by atomic mass is 15.2. The Morgan fingerprint density at radius 3 is 1.61 bits per heavy atom. The number of hydrogen-bond acceptors (Lipinski definition) is 0. The third-order valence-corrected chi connectivity index (χ3v) is 7.69. The third kappa shape index (κ3) is 3.07. The molecule has 0 amide bonds. The van der Waals surface area contributed by atoms with E-state index in [0.717, 1.165) is 5.82 Å². The average Bonchev–Trinajstić information content (AvgIpc) is 3.52. The molecule has 0 saturated carbocycles. The quantitative estimate of drug-likeness (QED) is 0.236. The third-order valence-electron chi connectivity index (χ3n) is 7.69. The van der Waals surface area contributed by atoms with E-state index < -0.39 is 0 Å². The van der Waals surface area contributed by atoms with Crippen LogP contribution in [0.1, 0.15) is 0 Å². The second-order valence-electron chi connectivity index (χ2n) is 9.85. The second-order valence-corrected chi connectivity index (χ2v) is 9.85. The molecule has 0 atom stereocenters. The highest BCUT2D eigenvalue weighted by Crippen LogP contribution is 2.38. The summed E-state index contributed by atoms with van der Waals surface area (Å²) in [5, 5.41) is 6.22. The molecule has 2 nitrogen and oxygen atoms in total. The highest BCUT2D eigenvalue weighted by molar-refractivity contribution is 6.09. The van der Waals surface area contributed by atoms with E-state index in [2.05, 4.69) is 155 Å². The van der Waals surface area contributed by atoms with Gasteiger partial charge in [-0.2, -0.15) is 0 Å². The Kier molecular flexibility index (Phi) is 4.55. The minimum atomic E-state index is 1.14. The first kappa shape index (κ1) is 21.0. The summed E-state index contributed by atoms with van der Waals surface area (Å²) in [7, 11) is 0. The maximum absolute atomic E-state index is 2.45. The lowest BCUT2D eigenvalue weighted by molar-refractivity contribution is 1.01. The van der Waals surface area contributed by atoms with Crippen molar-refractivity contribution in [2.75, 3.05) is 0 Å². The summed E-state index contributed by atoms with van der Waals surface area (Å²) in [6.45, 7) is 0. The standard InChI is InChI=1S/C36H24N2/c1-2-12-25(13-3-1)28-22-26-14-4-6-16-29(26)35(23-28)37-32-19-9-5-15-27(32)24-36(37)38-33-20-10-7-17-30(33)31-18-8-11-21-34(31)38/h1-24H. The summed E-state index contributed by atoms with van der Waals surface area (Å²) in [6.07, 6.45) is 0. The lowest BCUT2D eigenvalue weighted by Gasteiger charge is -2.18. The molecule has 0 unspecified atom stereocenters. The van der Waals surface area contributed by atoms with E-state index in [1.54, 1.807) is 0 Å². The first-order valence-electron chi connectivity index (χ1n) is 13.0. The van der Waals surface area contributed by atoms with Gasteiger partial charge < -0.3 is 0 Å². The number of para-hydroxylation sites is 3. The molecule has 178 valence electrons. The van der Waals surface area contributed by atoms with E-state index in [1.807, 2.05) is 0 Å². The van der Waals surface area contributed by atoms with Crippen molar-refractivity contribution in [2.24, 2.45) is 0 Å². The van der Waals surface area contributed by atoms with Gasteiger partial charge in [-0.15, -0.1) is 0 Å². The molecule has 0 fully saturated rings. The molecule has 0 aliphatic heterocycles. The number of rotatable bonds is 3. The Morgan fingerprint density at radius 1 is 0.342 bits per heavy atom. The van der Waals surface area contributed by atoms with Gasteiger partial charge in [0.25, 0.3) is 0 Å². The summed E-state index contributed by atoms with van der Waals surface area (Å²) in [5.74, 6) is 1.14. The van der Waals surface area contributed by atoms with Crippen LogP contribution in [0.5, 0.6) is 0 Å². The topological polar surface area (TPSA) is 9.86 Å². The van der Waals surface area contributed by atoms with Crippen LogP contribution in [0.15, 0.2) is 146 Å². The van der Waals surface area contributed by atoms with Crippen molar-refractivity contribution in [3.8, 4) is 22.6 Å². The Labute approximate surface area is 220 Å². The van der Waals surface area contributed by atoms with Crippen molar-refractivity contribution >= 4 is 43.5 Å². The van der Waals surface area contributed by atoms with Gasteiger partial charge in [-0.05, 0) is 52.9 Å². The second kappa shape index (κ2) is 8.22. The molecule has 0 radical (unpaired) electrons. The van der Waals surface area contributed by atoms with Gasteiger partial charge in [-0.25, -0.2) is 0 Å². The Hall–Kier alpha value is -5.08. The van der Waals surface area contributed by atoms with Crippen LogP contribution in [0.25, 0.3) is 66.1 Å². The Morgan fingerprint density at radius 2 is 0.895 bits per heavy atom. The smallest absolute Gasteiger partial charge is 0.123 e. The zero-order chi connectivity index (χ0) is 25.1. The largest absolute Gasteiger partial charge is 0.295 e. The molecule has 8 rings (SSSR count). The monoisotopic (exact) mass is 484 g/mol. The first-order chi connectivity index (χ1) is 18.9. The van der Waals surface area contributed by atoms with Gasteiger partial charge in [0.05, 0.1) is 22.2 Å². The molecule has 0 aliphatic carbocycles. The van der Waals surface area contributed by atoms with E-state index >= 15 is 0 Å². The number of benzene rings is 6. The lowest BCUT2D eigenvalue weighted by Crippen LogP contribution is -2.05. The van der Waals surface area contributed by atoms with Crippen molar-refractivity contribution in [3.05, 3.63) is 146 Å². The van der Waals surface area contributed by atoms with Crippen LogP contribution in [-0.2, 0) is 0 Å². The molecule has 2 heteroatoms. The molecule has 38 heavy (non-hydrogen) atoms. The van der Waals surface area contributed by atoms with E-state index in [0.29, 0.717) is 0 Å². The first-order valence-corrected chi connectivity index (χ1v) is 13.0. The van der Waals surface area contributed by atoms with Gasteiger partial charge in [0.1, 0.15) is 5.82 Å². The highest BCUT2D eigenvalue weighted by Gasteiger charge is 2.19. The van der Waals surface area contributed by atoms with Crippen LogP contribution in [0, 0.1) is 0 Å². The molecule has 0 saturated heterocycles. The minimum Gasteiger partial charge on any atom is -0.295 e. The van der Waals surface area contributed by atoms with Crippen LogP contribution < -0.4 is 0 Å². The van der Waals surface area contributed by atoms with Crippen molar-refractivity contribution in [1.29, 1.82) is 0 Å². The molecular weight excluding hydrogens is 460 g/mol. The predicted octanol–water partition coefficient (Wildman–Crippen LogP) is 9.55. The zero-order valence-corrected chi connectivity index (χ0v) is 20.8. The predicted molar refractivity (Wildman–Crippen MR) is 161 cm³/mol. The normalized spacial score (nSPS) is 11.7. The fourth-order valence-corrected chi connectivity index (χ4v) is 6.00. The summed E-state index contributed by atoms with van der Waals surface area (Å²) in [6, 6.07) is 52.5. The van der Waals surface area contributed by atoms with Gasteiger partial charge >= 0.3 is 0 Å². The fraction of sp³-hybridized carbons (Fsp3) is 0. The molecule has 2 aromatic heterocycles. The van der Waals surface area contributed by atoms with Crippen molar-refractivity contribution < 1.29 is 0 Å². The molecule has 0 spiro atoms. The van der Waals surface area contributed by atoms with Gasteiger partial charge in [-0.1, -0.05) is 109 Å². The maximum atomic E-state index is 2.45. The number of aromatic nitrogens is 2. The van der Waals surface area contributed by atoms with Gasteiger partial charge in [-0.3, -0.25) is 9.13 Å². The van der Waals surface area contributed by atoms with Gasteiger partial charge in [0, 0.05) is 21.5 Å². The van der Waals surface area contributed by atoms with E-state index in [1.165, 1.54) is 60.3 Å². The van der Waals surface area contributed by atoms with Crippen LogP contribution in [-0.4, -0.2) is 9.13 Å². The summed E-state index contributed by atoms with van der Waals surface area (Å²) < 4.78 is 4.87. The SMILES string of the molecule is c1ccc(-c2cc(-n3c(-n4c5ccccc5c5ccccc54)cc4ccccc43)c3ccccc3c2)cc1. The average molecular weight is 485 g/mol. The molecule has 2 heterocycles. The van der Waals surface area contributed by atoms with E-state index in [4.69, 9.17) is 0 Å². The van der Waals surface area contributed by atoms with Crippen LogP contribution >= 0.6 is 0 Å². The molecule has 0 aliphatic rings. The van der Waals surface area contributed by atoms with Crippen LogP contribution in [0.3, 0.4) is 0 Å². The number of fused-ring (bicyclic) bond motifs is 5. The zero-order valence-electron chi connectivity index (χ0n) is 20.8. The van der Waals surface area contributed by atoms with Crippen LogP contribution in [0.4, 0.5) is 0 Å². The molecule has 6 aromatic carbocycles. The van der Waals surface area contributed by atoms with Gasteiger partial charge in [0.2, 0.25) is 0 Å². The van der Waals surface area contributed by atoms with Crippen LogP contribution in [0.2, 0.25) is 0 Å². The van der Waals surface area contributed by atoms with Gasteiger partial charge in [0.15, 0.2) is 0 Å². The maximum Gasteiger partial charge on any atom is 0.123 e. The minimum absolute atomic E-state index is 1.14. The summed E-state index contributed by atoms with van der Waals surface area (Å²) in [5.41, 5.74) is 7.22. The molecular formula is C36H24N2. The van der Waals surface area contributed by atoms with E-state index in [9.17, 15) is 0 Å². The molecule has 0 N–H and O–H groups in total. The molecule has 8 aromatic rings. The number of hydrogen-bond donors (Lipinski definition) is 0.